The molecule has 0 bridgehead atoms. The Kier molecular flexibility index (Phi) is 5.09. The van der Waals surface area contributed by atoms with Crippen LogP contribution < -0.4 is 4.90 Å². The highest BCUT2D eigenvalue weighted by Gasteiger charge is 2.25. The van der Waals surface area contributed by atoms with Gasteiger partial charge in [0.2, 0.25) is 0 Å². The molecule has 0 aliphatic carbocycles. The van der Waals surface area contributed by atoms with Crippen molar-refractivity contribution in [1.29, 1.82) is 0 Å². The molecule has 3 heterocycles. The van der Waals surface area contributed by atoms with Crippen LogP contribution in [0.4, 0.5) is 5.69 Å². The second-order valence-corrected chi connectivity index (χ2v) is 8.10. The normalized spacial score (nSPS) is 13.0. The van der Waals surface area contributed by atoms with Crippen LogP contribution in [0.1, 0.15) is 28.9 Å². The first kappa shape index (κ1) is 20.2. The first-order chi connectivity index (χ1) is 15.5. The third kappa shape index (κ3) is 3.49. The Hall–Kier alpha value is -3.74. The summed E-state index contributed by atoms with van der Waals surface area (Å²) in [5.41, 5.74) is 6.57. The molecule has 0 saturated carbocycles. The molecule has 0 N–H and O–H groups in total. The number of para-hydroxylation sites is 1. The van der Waals surface area contributed by atoms with Crippen molar-refractivity contribution < 1.29 is 14.3 Å². The number of hydrogen-bond donors (Lipinski definition) is 0. The van der Waals surface area contributed by atoms with Crippen LogP contribution in [0.15, 0.2) is 48.5 Å². The van der Waals surface area contributed by atoms with Gasteiger partial charge < -0.3 is 9.64 Å². The highest BCUT2D eigenvalue weighted by molar-refractivity contribution is 5.97. The van der Waals surface area contributed by atoms with Gasteiger partial charge in [0.25, 0.3) is 5.91 Å². The fraction of sp³-hybridized carbons (Fsp3) is 0.280. The van der Waals surface area contributed by atoms with Crippen molar-refractivity contribution >= 4 is 34.1 Å². The van der Waals surface area contributed by atoms with Crippen molar-refractivity contribution in [3.63, 3.8) is 0 Å². The van der Waals surface area contributed by atoms with E-state index in [9.17, 15) is 9.59 Å². The molecule has 0 atom stereocenters. The summed E-state index contributed by atoms with van der Waals surface area (Å²) in [5, 5.41) is 5.66. The number of ether oxygens (including phenoxy) is 1. The van der Waals surface area contributed by atoms with E-state index in [0.717, 1.165) is 51.2 Å². The lowest BCUT2D eigenvalue weighted by Gasteiger charge is -2.17. The van der Waals surface area contributed by atoms with Gasteiger partial charge in [-0.05, 0) is 56.0 Å². The van der Waals surface area contributed by atoms with Crippen molar-refractivity contribution in [3.05, 3.63) is 71.0 Å². The molecule has 7 nitrogen and oxygen atoms in total. The SMILES string of the molecule is Cc1nc2c3ccccc3nn2c(C)c1CCC(=O)OCC(=O)N1CCc2ccccc21. The highest BCUT2D eigenvalue weighted by atomic mass is 16.5. The average molecular weight is 428 g/mol. The molecule has 0 fully saturated rings. The fourth-order valence-corrected chi connectivity index (χ4v) is 4.46. The number of rotatable bonds is 5. The zero-order chi connectivity index (χ0) is 22.2. The molecule has 2 aromatic heterocycles. The number of carbonyl (C=O) groups is 2. The lowest BCUT2D eigenvalue weighted by molar-refractivity contribution is -0.147. The maximum Gasteiger partial charge on any atom is 0.306 e. The molecule has 32 heavy (non-hydrogen) atoms. The molecule has 1 aliphatic rings. The highest BCUT2D eigenvalue weighted by Crippen LogP contribution is 2.27. The third-order valence-corrected chi connectivity index (χ3v) is 6.14. The van der Waals surface area contributed by atoms with Gasteiger partial charge in [-0.1, -0.05) is 30.3 Å². The molecular formula is C25H24N4O3. The van der Waals surface area contributed by atoms with E-state index in [1.807, 2.05) is 66.9 Å². The van der Waals surface area contributed by atoms with Crippen molar-refractivity contribution in [2.75, 3.05) is 18.1 Å². The predicted molar refractivity (Wildman–Crippen MR) is 122 cm³/mol. The van der Waals surface area contributed by atoms with Gasteiger partial charge in [0, 0.05) is 35.4 Å². The first-order valence-electron chi connectivity index (χ1n) is 10.8. The lowest BCUT2D eigenvalue weighted by atomic mass is 10.1. The van der Waals surface area contributed by atoms with Crippen LogP contribution in [0.25, 0.3) is 16.6 Å². The third-order valence-electron chi connectivity index (χ3n) is 6.14. The number of nitrogens with zero attached hydrogens (tertiary/aromatic N) is 4. The molecule has 2 aromatic carbocycles. The molecule has 7 heteroatoms. The standard InChI is InChI=1S/C25H24N4O3/c1-16-19(17(2)29-25(26-16)20-8-4-5-9-21(20)27-29)11-12-24(31)32-15-23(30)28-14-13-18-7-3-6-10-22(18)28/h3-10H,11-15H2,1-2H3. The van der Waals surface area contributed by atoms with E-state index in [4.69, 9.17) is 9.72 Å². The molecule has 5 rings (SSSR count). The topological polar surface area (TPSA) is 76.8 Å². The summed E-state index contributed by atoms with van der Waals surface area (Å²) in [4.78, 5) is 31.4. The Bertz CT molecular complexity index is 1360. The van der Waals surface area contributed by atoms with Crippen LogP contribution in [0.5, 0.6) is 0 Å². The van der Waals surface area contributed by atoms with Crippen LogP contribution in [0, 0.1) is 13.8 Å². The second kappa shape index (κ2) is 8.07. The minimum Gasteiger partial charge on any atom is -0.456 e. The van der Waals surface area contributed by atoms with Gasteiger partial charge in [-0.3, -0.25) is 9.59 Å². The second-order valence-electron chi connectivity index (χ2n) is 8.10. The van der Waals surface area contributed by atoms with Crippen molar-refractivity contribution in [1.82, 2.24) is 14.6 Å². The largest absolute Gasteiger partial charge is 0.456 e. The van der Waals surface area contributed by atoms with Gasteiger partial charge in [-0.15, -0.1) is 0 Å². The van der Waals surface area contributed by atoms with E-state index in [1.54, 1.807) is 4.90 Å². The number of amides is 1. The molecule has 1 aliphatic heterocycles. The fourth-order valence-electron chi connectivity index (χ4n) is 4.46. The monoisotopic (exact) mass is 428 g/mol. The maximum absolute atomic E-state index is 12.6. The molecule has 0 spiro atoms. The van der Waals surface area contributed by atoms with Crippen LogP contribution in [0.2, 0.25) is 0 Å². The Labute approximate surface area is 185 Å². The Morgan fingerprint density at radius 2 is 1.84 bits per heavy atom. The summed E-state index contributed by atoms with van der Waals surface area (Å²) in [6.45, 7) is 4.32. The molecule has 4 aromatic rings. The number of esters is 1. The first-order valence-corrected chi connectivity index (χ1v) is 10.8. The molecule has 162 valence electrons. The zero-order valence-corrected chi connectivity index (χ0v) is 18.2. The summed E-state index contributed by atoms with van der Waals surface area (Å²) in [7, 11) is 0. The van der Waals surface area contributed by atoms with Crippen molar-refractivity contribution in [2.24, 2.45) is 0 Å². The number of aryl methyl sites for hydroxylation is 2. The molecule has 0 unspecified atom stereocenters. The van der Waals surface area contributed by atoms with Crippen LogP contribution in [-0.4, -0.2) is 39.6 Å². The van der Waals surface area contributed by atoms with Gasteiger partial charge in [-0.2, -0.15) is 5.10 Å². The number of fused-ring (bicyclic) bond motifs is 4. The van der Waals surface area contributed by atoms with E-state index in [1.165, 1.54) is 0 Å². The lowest BCUT2D eigenvalue weighted by Crippen LogP contribution is -2.33. The van der Waals surface area contributed by atoms with Crippen LogP contribution in [0.3, 0.4) is 0 Å². The van der Waals surface area contributed by atoms with Gasteiger partial charge in [0.1, 0.15) is 0 Å². The molecule has 0 saturated heterocycles. The Morgan fingerprint density at radius 1 is 1.06 bits per heavy atom. The minimum absolute atomic E-state index is 0.180. The quantitative estimate of drug-likeness (QED) is 0.454. The van der Waals surface area contributed by atoms with E-state index in [2.05, 4.69) is 5.10 Å². The Morgan fingerprint density at radius 3 is 2.72 bits per heavy atom. The summed E-state index contributed by atoms with van der Waals surface area (Å²) in [6.07, 6.45) is 1.49. The number of anilines is 1. The summed E-state index contributed by atoms with van der Waals surface area (Å²) in [6, 6.07) is 15.7. The van der Waals surface area contributed by atoms with Crippen LogP contribution in [-0.2, 0) is 27.2 Å². The summed E-state index contributed by atoms with van der Waals surface area (Å²) < 4.78 is 7.14. The summed E-state index contributed by atoms with van der Waals surface area (Å²) in [5.74, 6) is -0.586. The number of hydrogen-bond acceptors (Lipinski definition) is 5. The number of carbonyl (C=O) groups excluding carboxylic acids is 2. The van der Waals surface area contributed by atoms with E-state index < -0.39 is 5.97 Å². The Balaban J connectivity index is 1.24. The molecule has 1 amide bonds. The summed E-state index contributed by atoms with van der Waals surface area (Å²) >= 11 is 0. The van der Waals surface area contributed by atoms with Gasteiger partial charge in [-0.25, -0.2) is 9.50 Å². The van der Waals surface area contributed by atoms with Gasteiger partial charge >= 0.3 is 5.97 Å². The number of benzene rings is 2. The molecule has 0 radical (unpaired) electrons. The van der Waals surface area contributed by atoms with Gasteiger partial charge in [0.15, 0.2) is 12.3 Å². The van der Waals surface area contributed by atoms with E-state index in [0.29, 0.717) is 13.0 Å². The minimum atomic E-state index is -0.393. The maximum atomic E-state index is 12.6. The predicted octanol–water partition coefficient (Wildman–Crippen LogP) is 3.56. The molecular weight excluding hydrogens is 404 g/mol. The van der Waals surface area contributed by atoms with Crippen LogP contribution >= 0.6 is 0 Å². The van der Waals surface area contributed by atoms with E-state index >= 15 is 0 Å². The smallest absolute Gasteiger partial charge is 0.306 e. The van der Waals surface area contributed by atoms with Crippen molar-refractivity contribution in [2.45, 2.75) is 33.1 Å². The zero-order valence-electron chi connectivity index (χ0n) is 18.2. The van der Waals surface area contributed by atoms with Crippen molar-refractivity contribution in [3.8, 4) is 0 Å². The number of aromatic nitrogens is 3. The van der Waals surface area contributed by atoms with Gasteiger partial charge in [0.05, 0.1) is 5.52 Å². The average Bonchev–Trinajstić information content (AvgIpc) is 3.39. The van der Waals surface area contributed by atoms with E-state index in [-0.39, 0.29) is 18.9 Å².